The van der Waals surface area contributed by atoms with E-state index in [-0.39, 0.29) is 30.7 Å². The number of carboxylic acids is 1. The molecule has 4 rings (SSSR count). The van der Waals surface area contributed by atoms with Crippen LogP contribution < -0.4 is 10.1 Å². The van der Waals surface area contributed by atoms with Gasteiger partial charge in [-0.25, -0.2) is 4.39 Å². The lowest BCUT2D eigenvalue weighted by Crippen LogP contribution is -2.22. The van der Waals surface area contributed by atoms with Crippen molar-refractivity contribution in [1.29, 1.82) is 0 Å². The van der Waals surface area contributed by atoms with Gasteiger partial charge < -0.3 is 15.2 Å². The number of benzene rings is 4. The van der Waals surface area contributed by atoms with E-state index in [1.165, 1.54) is 6.07 Å². The zero-order chi connectivity index (χ0) is 24.9. The van der Waals surface area contributed by atoms with Gasteiger partial charge in [0.25, 0.3) is 0 Å². The van der Waals surface area contributed by atoms with Gasteiger partial charge in [-0.05, 0) is 95.3 Å². The minimum absolute atomic E-state index is 0.0477. The molecule has 180 valence electrons. The van der Waals surface area contributed by atoms with Gasteiger partial charge in [-0.1, -0.05) is 42.5 Å². The van der Waals surface area contributed by atoms with Crippen molar-refractivity contribution in [2.24, 2.45) is 0 Å². The Hall–Kier alpha value is -3.70. The Labute approximate surface area is 205 Å². The van der Waals surface area contributed by atoms with Gasteiger partial charge >= 0.3 is 5.97 Å². The summed E-state index contributed by atoms with van der Waals surface area (Å²) >= 11 is 0. The number of nitrogens with one attached hydrogen (secondary N) is 1. The molecule has 0 radical (unpaired) electrons. The third kappa shape index (κ3) is 5.69. The summed E-state index contributed by atoms with van der Waals surface area (Å²) < 4.78 is 19.8. The van der Waals surface area contributed by atoms with Crippen LogP contribution in [0.3, 0.4) is 0 Å². The van der Waals surface area contributed by atoms with Crippen molar-refractivity contribution in [2.45, 2.75) is 38.8 Å². The molecule has 5 heteroatoms. The monoisotopic (exact) mass is 471 g/mol. The second kappa shape index (κ2) is 10.7. The summed E-state index contributed by atoms with van der Waals surface area (Å²) in [5.74, 6) is -0.489. The van der Waals surface area contributed by atoms with Crippen molar-refractivity contribution in [3.63, 3.8) is 0 Å². The molecule has 0 aliphatic heterocycles. The topological polar surface area (TPSA) is 58.6 Å². The fraction of sp³-hybridized carbons (Fsp3) is 0.233. The summed E-state index contributed by atoms with van der Waals surface area (Å²) in [6.45, 7) is 4.26. The zero-order valence-corrected chi connectivity index (χ0v) is 20.2. The third-order valence-electron chi connectivity index (χ3n) is 6.44. The number of rotatable bonds is 9. The number of aliphatic carboxylic acids is 1. The van der Waals surface area contributed by atoms with Crippen LogP contribution in [0, 0.1) is 5.82 Å². The van der Waals surface area contributed by atoms with Crippen LogP contribution in [0.5, 0.6) is 5.75 Å². The number of fused-ring (bicyclic) bond motifs is 1. The van der Waals surface area contributed by atoms with Crippen LogP contribution in [-0.4, -0.2) is 18.2 Å². The first-order valence-corrected chi connectivity index (χ1v) is 11.8. The summed E-state index contributed by atoms with van der Waals surface area (Å²) in [5, 5.41) is 14.9. The maximum absolute atomic E-state index is 14.4. The Balaban J connectivity index is 1.69. The standard InChI is InChI=1S/C30H30FNO3/c1-19(21-8-6-9-26(17-21)35-3)32-20(2)25-16-22-7-4-5-10-27(22)28(18-25)23-11-13-29(31)24(15-23)12-14-30(33)34/h4-11,13,15-20,32H,12,14H2,1-3H3,(H,33,34)/t19-,20?/m1/s1. The highest BCUT2D eigenvalue weighted by molar-refractivity contribution is 5.97. The van der Waals surface area contributed by atoms with Gasteiger partial charge in [0.2, 0.25) is 0 Å². The fourth-order valence-corrected chi connectivity index (χ4v) is 4.48. The normalized spacial score (nSPS) is 12.9. The molecule has 0 bridgehead atoms. The molecule has 4 aromatic carbocycles. The zero-order valence-electron chi connectivity index (χ0n) is 20.2. The maximum Gasteiger partial charge on any atom is 0.303 e. The van der Waals surface area contributed by atoms with E-state index >= 15 is 0 Å². The van der Waals surface area contributed by atoms with Crippen molar-refractivity contribution in [3.05, 3.63) is 101 Å². The molecule has 2 atom stereocenters. The largest absolute Gasteiger partial charge is 0.497 e. The molecule has 0 heterocycles. The van der Waals surface area contributed by atoms with E-state index in [4.69, 9.17) is 9.84 Å². The summed E-state index contributed by atoms with van der Waals surface area (Å²) in [7, 11) is 1.67. The van der Waals surface area contributed by atoms with Crippen molar-refractivity contribution in [3.8, 4) is 16.9 Å². The smallest absolute Gasteiger partial charge is 0.303 e. The van der Waals surface area contributed by atoms with Gasteiger partial charge in [0.15, 0.2) is 0 Å². The van der Waals surface area contributed by atoms with E-state index in [2.05, 4.69) is 49.5 Å². The first-order valence-electron chi connectivity index (χ1n) is 11.8. The van der Waals surface area contributed by atoms with Crippen molar-refractivity contribution in [1.82, 2.24) is 5.32 Å². The minimum Gasteiger partial charge on any atom is -0.497 e. The molecule has 0 saturated carbocycles. The summed E-state index contributed by atoms with van der Waals surface area (Å²) in [6, 6.07) is 25.6. The number of carbonyl (C=O) groups is 1. The van der Waals surface area contributed by atoms with Crippen LogP contribution in [-0.2, 0) is 11.2 Å². The number of aryl methyl sites for hydroxylation is 1. The molecule has 1 unspecified atom stereocenters. The van der Waals surface area contributed by atoms with Crippen molar-refractivity contribution < 1.29 is 19.0 Å². The molecule has 0 spiro atoms. The van der Waals surface area contributed by atoms with E-state index in [9.17, 15) is 9.18 Å². The number of methoxy groups -OCH3 is 1. The summed E-state index contributed by atoms with van der Waals surface area (Å²) in [6.07, 6.45) is 0.0485. The van der Waals surface area contributed by atoms with Gasteiger partial charge in [-0.2, -0.15) is 0 Å². The Morgan fingerprint density at radius 1 is 0.943 bits per heavy atom. The van der Waals surface area contributed by atoms with E-state index in [1.54, 1.807) is 19.2 Å². The molecule has 0 amide bonds. The molecular weight excluding hydrogens is 441 g/mol. The van der Waals surface area contributed by atoms with Crippen molar-refractivity contribution in [2.75, 3.05) is 7.11 Å². The van der Waals surface area contributed by atoms with Crippen molar-refractivity contribution >= 4 is 16.7 Å². The SMILES string of the molecule is COc1cccc([C@@H](C)NC(C)c2cc(-c3ccc(F)c(CCC(=O)O)c3)c3ccccc3c2)c1. The molecule has 35 heavy (non-hydrogen) atoms. The highest BCUT2D eigenvalue weighted by atomic mass is 19.1. The maximum atomic E-state index is 14.4. The highest BCUT2D eigenvalue weighted by Gasteiger charge is 2.16. The lowest BCUT2D eigenvalue weighted by molar-refractivity contribution is -0.136. The lowest BCUT2D eigenvalue weighted by Gasteiger charge is -2.22. The molecule has 0 aromatic heterocycles. The average molecular weight is 472 g/mol. The number of hydrogen-bond donors (Lipinski definition) is 2. The summed E-state index contributed by atoms with van der Waals surface area (Å²) in [5.41, 5.74) is 4.54. The van der Waals surface area contributed by atoms with Gasteiger partial charge in [0, 0.05) is 18.5 Å². The molecule has 4 nitrogen and oxygen atoms in total. The second-order valence-electron chi connectivity index (χ2n) is 8.88. The predicted molar refractivity (Wildman–Crippen MR) is 138 cm³/mol. The number of hydrogen-bond acceptors (Lipinski definition) is 3. The van der Waals surface area contributed by atoms with Gasteiger partial charge in [-0.15, -0.1) is 0 Å². The first-order chi connectivity index (χ1) is 16.9. The van der Waals surface area contributed by atoms with E-state index in [0.29, 0.717) is 5.56 Å². The van der Waals surface area contributed by atoms with Crippen LogP contribution in [0.25, 0.3) is 21.9 Å². The molecule has 0 aliphatic rings. The van der Waals surface area contributed by atoms with E-state index < -0.39 is 5.97 Å². The first kappa shape index (κ1) is 24.4. The van der Waals surface area contributed by atoms with Crippen LogP contribution in [0.4, 0.5) is 4.39 Å². The van der Waals surface area contributed by atoms with Gasteiger partial charge in [0.1, 0.15) is 11.6 Å². The molecular formula is C30H30FNO3. The van der Waals surface area contributed by atoms with E-state index in [1.807, 2.05) is 30.3 Å². The highest BCUT2D eigenvalue weighted by Crippen LogP contribution is 2.34. The fourth-order valence-electron chi connectivity index (χ4n) is 4.48. The van der Waals surface area contributed by atoms with Crippen LogP contribution in [0.1, 0.15) is 49.0 Å². The number of carboxylic acid groups (broad SMARTS) is 1. The van der Waals surface area contributed by atoms with Crippen LogP contribution in [0.2, 0.25) is 0 Å². The molecule has 2 N–H and O–H groups in total. The minimum atomic E-state index is -0.938. The van der Waals surface area contributed by atoms with Gasteiger partial charge in [-0.3, -0.25) is 4.79 Å². The Morgan fingerprint density at radius 3 is 2.49 bits per heavy atom. The molecule has 4 aromatic rings. The van der Waals surface area contributed by atoms with Gasteiger partial charge in [0.05, 0.1) is 7.11 Å². The molecule has 0 fully saturated rings. The van der Waals surface area contributed by atoms with Crippen LogP contribution >= 0.6 is 0 Å². The molecule has 0 aliphatic carbocycles. The Bertz CT molecular complexity index is 1350. The number of ether oxygens (including phenoxy) is 1. The second-order valence-corrected chi connectivity index (χ2v) is 8.88. The average Bonchev–Trinajstić information content (AvgIpc) is 2.87. The molecule has 0 saturated heterocycles. The third-order valence-corrected chi connectivity index (χ3v) is 6.44. The predicted octanol–water partition coefficient (Wildman–Crippen LogP) is 7.08. The van der Waals surface area contributed by atoms with Crippen LogP contribution in [0.15, 0.2) is 78.9 Å². The Morgan fingerprint density at radius 2 is 1.71 bits per heavy atom. The van der Waals surface area contributed by atoms with E-state index in [0.717, 1.165) is 38.8 Å². The quantitative estimate of drug-likeness (QED) is 0.274. The Kier molecular flexibility index (Phi) is 7.47. The number of halogens is 1. The lowest BCUT2D eigenvalue weighted by atomic mass is 9.92. The summed E-state index contributed by atoms with van der Waals surface area (Å²) in [4.78, 5) is 11.0.